The van der Waals surface area contributed by atoms with Crippen LogP contribution >= 0.6 is 28.3 Å². The zero-order valence-electron chi connectivity index (χ0n) is 16.2. The third kappa shape index (κ3) is 4.86. The molecule has 0 N–H and O–H groups in total. The number of hydrogen-bond acceptors (Lipinski definition) is 3. The van der Waals surface area contributed by atoms with Gasteiger partial charge in [-0.05, 0) is 55.5 Å². The number of nitrogens with zero attached hydrogens (tertiary/aromatic N) is 2. The van der Waals surface area contributed by atoms with Gasteiger partial charge in [0.1, 0.15) is 5.75 Å². The summed E-state index contributed by atoms with van der Waals surface area (Å²) >= 11 is 1.83. The van der Waals surface area contributed by atoms with Gasteiger partial charge in [0, 0.05) is 11.4 Å². The lowest BCUT2D eigenvalue weighted by molar-refractivity contribution is 0.346. The van der Waals surface area contributed by atoms with Gasteiger partial charge in [0.05, 0.1) is 18.8 Å². The number of benzene rings is 1. The van der Waals surface area contributed by atoms with Crippen LogP contribution in [0.5, 0.6) is 5.75 Å². The zero-order chi connectivity index (χ0) is 17.8. The van der Waals surface area contributed by atoms with Crippen molar-refractivity contribution in [2.45, 2.75) is 76.3 Å². The lowest BCUT2D eigenvalue weighted by Crippen LogP contribution is -2.26. The second-order valence-electron chi connectivity index (χ2n) is 7.71. The summed E-state index contributed by atoms with van der Waals surface area (Å²) in [5, 5.41) is 2.32. The Morgan fingerprint density at radius 2 is 1.56 bits per heavy atom. The van der Waals surface area contributed by atoms with Crippen LogP contribution in [0.25, 0.3) is 11.3 Å². The highest BCUT2D eigenvalue weighted by molar-refractivity contribution is 8.93. The van der Waals surface area contributed by atoms with Gasteiger partial charge < -0.3 is 9.30 Å². The predicted octanol–water partition coefficient (Wildman–Crippen LogP) is 6.54. The minimum Gasteiger partial charge on any atom is -0.497 e. The van der Waals surface area contributed by atoms with Gasteiger partial charge in [0.25, 0.3) is 0 Å². The molecule has 2 saturated carbocycles. The van der Waals surface area contributed by atoms with E-state index in [9.17, 15) is 0 Å². The zero-order valence-corrected chi connectivity index (χ0v) is 18.8. The van der Waals surface area contributed by atoms with Crippen molar-refractivity contribution in [3.63, 3.8) is 0 Å². The predicted molar refractivity (Wildman–Crippen MR) is 119 cm³/mol. The van der Waals surface area contributed by atoms with Gasteiger partial charge in [-0.1, -0.05) is 38.5 Å². The van der Waals surface area contributed by atoms with E-state index in [-0.39, 0.29) is 17.0 Å². The first kappa shape index (κ1) is 20.7. The molecule has 2 aliphatic rings. The SMILES string of the molecule is Br.COc1ccc(-c2csc(=NC3CCCCC3)n2C2CCCCC2)cc1. The average Bonchev–Trinajstić information content (AvgIpc) is 3.13. The van der Waals surface area contributed by atoms with Gasteiger partial charge in [-0.15, -0.1) is 28.3 Å². The Hall–Kier alpha value is -1.07. The molecule has 0 radical (unpaired) electrons. The molecule has 0 saturated heterocycles. The number of hydrogen-bond donors (Lipinski definition) is 0. The molecule has 148 valence electrons. The fourth-order valence-corrected chi connectivity index (χ4v) is 5.48. The maximum Gasteiger partial charge on any atom is 0.185 e. The highest BCUT2D eigenvalue weighted by Gasteiger charge is 2.21. The molecule has 0 bridgehead atoms. The number of halogens is 1. The van der Waals surface area contributed by atoms with Crippen molar-refractivity contribution in [2.75, 3.05) is 7.11 Å². The number of rotatable bonds is 4. The molecule has 0 spiro atoms. The van der Waals surface area contributed by atoms with Crippen molar-refractivity contribution in [1.29, 1.82) is 0 Å². The summed E-state index contributed by atoms with van der Waals surface area (Å²) in [7, 11) is 1.73. The van der Waals surface area contributed by atoms with Gasteiger partial charge in [0.15, 0.2) is 4.80 Å². The van der Waals surface area contributed by atoms with Crippen molar-refractivity contribution < 1.29 is 4.74 Å². The number of aromatic nitrogens is 1. The average molecular weight is 451 g/mol. The Morgan fingerprint density at radius 3 is 2.19 bits per heavy atom. The molecular formula is C22H31BrN2OS. The van der Waals surface area contributed by atoms with Crippen molar-refractivity contribution in [3.05, 3.63) is 34.4 Å². The Balaban J connectivity index is 0.00000210. The lowest BCUT2D eigenvalue weighted by Gasteiger charge is -2.26. The Labute approximate surface area is 177 Å². The summed E-state index contributed by atoms with van der Waals surface area (Å²) in [5.41, 5.74) is 2.61. The first-order chi connectivity index (χ1) is 12.8. The summed E-state index contributed by atoms with van der Waals surface area (Å²) in [5.74, 6) is 0.917. The molecule has 2 aromatic rings. The summed E-state index contributed by atoms with van der Waals surface area (Å²) in [4.78, 5) is 6.47. The molecule has 1 aromatic heterocycles. The van der Waals surface area contributed by atoms with Crippen LogP contribution in [0.15, 0.2) is 34.6 Å². The van der Waals surface area contributed by atoms with Crippen LogP contribution in [0.1, 0.15) is 70.3 Å². The van der Waals surface area contributed by atoms with Crippen LogP contribution < -0.4 is 9.54 Å². The van der Waals surface area contributed by atoms with E-state index in [0.29, 0.717) is 12.1 Å². The molecule has 1 heterocycles. The van der Waals surface area contributed by atoms with Crippen molar-refractivity contribution in [3.8, 4) is 17.0 Å². The van der Waals surface area contributed by atoms with Crippen LogP contribution in [0.2, 0.25) is 0 Å². The molecule has 0 unspecified atom stereocenters. The van der Waals surface area contributed by atoms with Crippen LogP contribution in [0.3, 0.4) is 0 Å². The van der Waals surface area contributed by atoms with E-state index in [0.717, 1.165) is 5.75 Å². The lowest BCUT2D eigenvalue weighted by atomic mass is 9.94. The molecular weight excluding hydrogens is 420 g/mol. The molecule has 1 aromatic carbocycles. The van der Waals surface area contributed by atoms with E-state index < -0.39 is 0 Å². The van der Waals surface area contributed by atoms with Gasteiger partial charge in [-0.25, -0.2) is 0 Å². The Kier molecular flexibility index (Phi) is 7.59. The summed E-state index contributed by atoms with van der Waals surface area (Å²) in [6.45, 7) is 0. The fraction of sp³-hybridized carbons (Fsp3) is 0.591. The minimum absolute atomic E-state index is 0. The summed E-state index contributed by atoms with van der Waals surface area (Å²) in [6, 6.07) is 9.64. The van der Waals surface area contributed by atoms with E-state index in [2.05, 4.69) is 34.2 Å². The molecule has 5 heteroatoms. The van der Waals surface area contributed by atoms with Crippen molar-refractivity contribution in [2.24, 2.45) is 4.99 Å². The topological polar surface area (TPSA) is 26.5 Å². The molecule has 27 heavy (non-hydrogen) atoms. The maximum absolute atomic E-state index is 5.33. The largest absolute Gasteiger partial charge is 0.497 e. The van der Waals surface area contributed by atoms with E-state index in [1.165, 1.54) is 80.3 Å². The first-order valence-electron chi connectivity index (χ1n) is 10.2. The smallest absolute Gasteiger partial charge is 0.185 e. The van der Waals surface area contributed by atoms with Crippen LogP contribution in [0, 0.1) is 0 Å². The third-order valence-electron chi connectivity index (χ3n) is 5.93. The number of thiazole rings is 1. The first-order valence-corrected chi connectivity index (χ1v) is 11.1. The van der Waals surface area contributed by atoms with Gasteiger partial charge in [-0.2, -0.15) is 0 Å². The minimum atomic E-state index is 0. The van der Waals surface area contributed by atoms with Crippen LogP contribution in [-0.2, 0) is 0 Å². The van der Waals surface area contributed by atoms with Crippen LogP contribution in [0.4, 0.5) is 0 Å². The molecule has 3 nitrogen and oxygen atoms in total. The Morgan fingerprint density at radius 1 is 0.926 bits per heavy atom. The van der Waals surface area contributed by atoms with E-state index >= 15 is 0 Å². The number of ether oxygens (including phenoxy) is 1. The second-order valence-corrected chi connectivity index (χ2v) is 8.55. The van der Waals surface area contributed by atoms with E-state index in [1.54, 1.807) is 7.11 Å². The molecule has 0 aliphatic heterocycles. The van der Waals surface area contributed by atoms with Crippen LogP contribution in [-0.4, -0.2) is 17.7 Å². The van der Waals surface area contributed by atoms with Crippen molar-refractivity contribution >= 4 is 28.3 Å². The third-order valence-corrected chi connectivity index (χ3v) is 6.79. The normalized spacial score (nSPS) is 19.7. The highest BCUT2D eigenvalue weighted by Crippen LogP contribution is 2.33. The van der Waals surface area contributed by atoms with Gasteiger partial charge >= 0.3 is 0 Å². The molecule has 2 aliphatic carbocycles. The monoisotopic (exact) mass is 450 g/mol. The van der Waals surface area contributed by atoms with Gasteiger partial charge in [0.2, 0.25) is 0 Å². The van der Waals surface area contributed by atoms with E-state index in [4.69, 9.17) is 9.73 Å². The molecule has 0 amide bonds. The van der Waals surface area contributed by atoms with Gasteiger partial charge in [-0.3, -0.25) is 4.99 Å². The molecule has 0 atom stereocenters. The maximum atomic E-state index is 5.33. The number of methoxy groups -OCH3 is 1. The highest BCUT2D eigenvalue weighted by atomic mass is 79.9. The quantitative estimate of drug-likeness (QED) is 0.518. The fourth-order valence-electron chi connectivity index (χ4n) is 4.45. The Bertz CT molecular complexity index is 768. The summed E-state index contributed by atoms with van der Waals surface area (Å²) < 4.78 is 7.90. The molecule has 2 fully saturated rings. The second kappa shape index (κ2) is 9.92. The summed E-state index contributed by atoms with van der Waals surface area (Å²) in [6.07, 6.45) is 13.3. The van der Waals surface area contributed by atoms with E-state index in [1.807, 2.05) is 11.3 Å². The molecule has 4 rings (SSSR count). The standard InChI is InChI=1S/C22H30N2OS.BrH/c1-25-20-14-12-17(13-15-20)21-16-26-22(23-18-8-4-2-5-9-18)24(21)19-10-6-3-7-11-19;/h12-16,18-19H,2-11H2,1H3;1H. The van der Waals surface area contributed by atoms with Crippen molar-refractivity contribution in [1.82, 2.24) is 4.57 Å².